The van der Waals surface area contributed by atoms with Crippen LogP contribution in [0.25, 0.3) is 0 Å². The van der Waals surface area contributed by atoms with Crippen LogP contribution < -0.4 is 5.32 Å². The van der Waals surface area contributed by atoms with Gasteiger partial charge < -0.3 is 10.1 Å². The second-order valence-electron chi connectivity index (χ2n) is 3.45. The summed E-state index contributed by atoms with van der Waals surface area (Å²) in [5.74, 6) is -0.978. The highest BCUT2D eigenvalue weighted by Gasteiger charge is 2.14. The van der Waals surface area contributed by atoms with Gasteiger partial charge in [0.25, 0.3) is 5.91 Å². The predicted octanol–water partition coefficient (Wildman–Crippen LogP) is 2.35. The van der Waals surface area contributed by atoms with Gasteiger partial charge in [-0.25, -0.2) is 4.39 Å². The first-order chi connectivity index (χ1) is 7.54. The zero-order valence-electron chi connectivity index (χ0n) is 9.09. The van der Waals surface area contributed by atoms with E-state index in [-0.39, 0.29) is 11.6 Å². The van der Waals surface area contributed by atoms with Crippen LogP contribution in [0.5, 0.6) is 0 Å². The molecular formula is C11H13BrFNO2. The molecular weight excluding hydrogens is 277 g/mol. The van der Waals surface area contributed by atoms with E-state index in [2.05, 4.69) is 21.2 Å². The molecule has 0 aromatic heterocycles. The van der Waals surface area contributed by atoms with Gasteiger partial charge in [0.05, 0.1) is 12.2 Å². The Balaban J connectivity index is 2.76. The van der Waals surface area contributed by atoms with Crippen molar-refractivity contribution < 1.29 is 13.9 Å². The fourth-order valence-electron chi connectivity index (χ4n) is 1.26. The standard InChI is InChI=1S/C11H13BrFNO2/c1-7(6-16-2)14-11(15)9-5-8(12)3-4-10(9)13/h3-5,7H,6H2,1-2H3,(H,14,15)/t7-/m0/s1. The average Bonchev–Trinajstić information content (AvgIpc) is 2.21. The number of hydrogen-bond donors (Lipinski definition) is 1. The Morgan fingerprint density at radius 2 is 2.31 bits per heavy atom. The molecule has 88 valence electrons. The van der Waals surface area contributed by atoms with Gasteiger partial charge in [0.2, 0.25) is 0 Å². The number of ether oxygens (including phenoxy) is 1. The number of halogens is 2. The summed E-state index contributed by atoms with van der Waals surface area (Å²) in [7, 11) is 1.54. The molecule has 0 heterocycles. The van der Waals surface area contributed by atoms with Crippen molar-refractivity contribution in [2.24, 2.45) is 0 Å². The van der Waals surface area contributed by atoms with Crippen LogP contribution in [0.2, 0.25) is 0 Å². The fourth-order valence-corrected chi connectivity index (χ4v) is 1.63. The SMILES string of the molecule is COC[C@H](C)NC(=O)c1cc(Br)ccc1F. The Labute approximate surface area is 102 Å². The van der Waals surface area contributed by atoms with Crippen LogP contribution in [-0.4, -0.2) is 25.7 Å². The first kappa shape index (κ1) is 13.1. The maximum atomic E-state index is 13.3. The Kier molecular flexibility index (Phi) is 4.89. The van der Waals surface area contributed by atoms with Crippen molar-refractivity contribution in [3.63, 3.8) is 0 Å². The van der Waals surface area contributed by atoms with E-state index in [1.165, 1.54) is 12.1 Å². The van der Waals surface area contributed by atoms with Gasteiger partial charge in [-0.05, 0) is 25.1 Å². The highest BCUT2D eigenvalue weighted by molar-refractivity contribution is 9.10. The molecule has 0 bridgehead atoms. The minimum absolute atomic E-state index is 0.0253. The summed E-state index contributed by atoms with van der Waals surface area (Å²) in [4.78, 5) is 11.7. The van der Waals surface area contributed by atoms with E-state index in [9.17, 15) is 9.18 Å². The minimum Gasteiger partial charge on any atom is -0.383 e. The van der Waals surface area contributed by atoms with Gasteiger partial charge in [-0.3, -0.25) is 4.79 Å². The van der Waals surface area contributed by atoms with E-state index in [4.69, 9.17) is 4.74 Å². The van der Waals surface area contributed by atoms with Crippen molar-refractivity contribution in [3.8, 4) is 0 Å². The summed E-state index contributed by atoms with van der Waals surface area (Å²) in [6.45, 7) is 2.18. The smallest absolute Gasteiger partial charge is 0.254 e. The van der Waals surface area contributed by atoms with Crippen LogP contribution in [0.3, 0.4) is 0 Å². The van der Waals surface area contributed by atoms with Crippen molar-refractivity contribution in [1.82, 2.24) is 5.32 Å². The minimum atomic E-state index is -0.537. The Hall–Kier alpha value is -0.940. The Bertz CT molecular complexity index is 384. The van der Waals surface area contributed by atoms with Crippen molar-refractivity contribution in [2.45, 2.75) is 13.0 Å². The first-order valence-electron chi connectivity index (χ1n) is 4.79. The number of methoxy groups -OCH3 is 1. The molecule has 0 saturated heterocycles. The van der Waals surface area contributed by atoms with Crippen molar-refractivity contribution in [1.29, 1.82) is 0 Å². The fraction of sp³-hybridized carbons (Fsp3) is 0.364. The van der Waals surface area contributed by atoms with E-state index in [0.29, 0.717) is 11.1 Å². The molecule has 1 aromatic rings. The molecule has 0 fully saturated rings. The van der Waals surface area contributed by atoms with E-state index in [1.54, 1.807) is 20.1 Å². The number of carbonyl (C=O) groups is 1. The highest BCUT2D eigenvalue weighted by atomic mass is 79.9. The maximum Gasteiger partial charge on any atom is 0.254 e. The van der Waals surface area contributed by atoms with Crippen LogP contribution in [0, 0.1) is 5.82 Å². The number of nitrogens with one attached hydrogen (secondary N) is 1. The molecule has 1 rings (SSSR count). The second kappa shape index (κ2) is 5.96. The number of rotatable bonds is 4. The summed E-state index contributed by atoms with van der Waals surface area (Å²) >= 11 is 3.19. The largest absolute Gasteiger partial charge is 0.383 e. The predicted molar refractivity (Wildman–Crippen MR) is 62.9 cm³/mol. The highest BCUT2D eigenvalue weighted by Crippen LogP contribution is 2.15. The Morgan fingerprint density at radius 1 is 1.62 bits per heavy atom. The zero-order valence-corrected chi connectivity index (χ0v) is 10.7. The van der Waals surface area contributed by atoms with Crippen molar-refractivity contribution >= 4 is 21.8 Å². The second-order valence-corrected chi connectivity index (χ2v) is 4.37. The van der Waals surface area contributed by atoms with Crippen LogP contribution in [0.15, 0.2) is 22.7 Å². The molecule has 0 radical (unpaired) electrons. The van der Waals surface area contributed by atoms with E-state index < -0.39 is 11.7 Å². The van der Waals surface area contributed by atoms with Gasteiger partial charge in [0.1, 0.15) is 5.82 Å². The molecule has 1 aromatic carbocycles. The molecule has 1 N–H and O–H groups in total. The summed E-state index contributed by atoms with van der Waals surface area (Å²) < 4.78 is 18.9. The summed E-state index contributed by atoms with van der Waals surface area (Å²) in [6, 6.07) is 4.09. The normalized spacial score (nSPS) is 12.2. The molecule has 16 heavy (non-hydrogen) atoms. The molecule has 0 aliphatic carbocycles. The Morgan fingerprint density at radius 3 is 2.94 bits per heavy atom. The van der Waals surface area contributed by atoms with Gasteiger partial charge in [0, 0.05) is 17.6 Å². The quantitative estimate of drug-likeness (QED) is 0.924. The number of hydrogen-bond acceptors (Lipinski definition) is 2. The van der Waals surface area contributed by atoms with Crippen molar-refractivity contribution in [3.05, 3.63) is 34.1 Å². The van der Waals surface area contributed by atoms with Gasteiger partial charge in [-0.1, -0.05) is 15.9 Å². The van der Waals surface area contributed by atoms with Gasteiger partial charge in [0.15, 0.2) is 0 Å². The molecule has 0 aliphatic heterocycles. The van der Waals surface area contributed by atoms with E-state index in [1.807, 2.05) is 0 Å². The lowest BCUT2D eigenvalue weighted by atomic mass is 10.2. The van der Waals surface area contributed by atoms with Crippen LogP contribution in [0.4, 0.5) is 4.39 Å². The zero-order chi connectivity index (χ0) is 12.1. The summed E-state index contributed by atoms with van der Waals surface area (Å²) in [5.41, 5.74) is 0.0253. The number of benzene rings is 1. The van der Waals surface area contributed by atoms with Gasteiger partial charge in [-0.2, -0.15) is 0 Å². The molecule has 0 spiro atoms. The lowest BCUT2D eigenvalue weighted by molar-refractivity contribution is 0.0901. The first-order valence-corrected chi connectivity index (χ1v) is 5.58. The number of carbonyl (C=O) groups excluding carboxylic acids is 1. The molecule has 0 unspecified atom stereocenters. The molecule has 0 saturated carbocycles. The van der Waals surface area contributed by atoms with Crippen molar-refractivity contribution in [2.75, 3.05) is 13.7 Å². The number of amides is 1. The maximum absolute atomic E-state index is 13.3. The molecule has 3 nitrogen and oxygen atoms in total. The van der Waals surface area contributed by atoms with E-state index >= 15 is 0 Å². The van der Waals surface area contributed by atoms with Gasteiger partial charge in [-0.15, -0.1) is 0 Å². The third kappa shape index (κ3) is 3.57. The average molecular weight is 290 g/mol. The molecule has 5 heteroatoms. The van der Waals surface area contributed by atoms with Crippen LogP contribution in [0.1, 0.15) is 17.3 Å². The van der Waals surface area contributed by atoms with Crippen LogP contribution >= 0.6 is 15.9 Å². The van der Waals surface area contributed by atoms with Crippen LogP contribution in [-0.2, 0) is 4.74 Å². The molecule has 0 aliphatic rings. The van der Waals surface area contributed by atoms with E-state index in [0.717, 1.165) is 0 Å². The molecule has 1 atom stereocenters. The molecule has 1 amide bonds. The third-order valence-corrected chi connectivity index (χ3v) is 2.46. The topological polar surface area (TPSA) is 38.3 Å². The summed E-state index contributed by atoms with van der Waals surface area (Å²) in [5, 5.41) is 2.64. The van der Waals surface area contributed by atoms with Gasteiger partial charge >= 0.3 is 0 Å². The third-order valence-electron chi connectivity index (χ3n) is 1.97. The lowest BCUT2D eigenvalue weighted by Crippen LogP contribution is -2.36. The summed E-state index contributed by atoms with van der Waals surface area (Å²) in [6.07, 6.45) is 0. The monoisotopic (exact) mass is 289 g/mol. The lowest BCUT2D eigenvalue weighted by Gasteiger charge is -2.13.